The second-order valence-electron chi connectivity index (χ2n) is 5.78. The molecule has 4 heterocycles. The van der Waals surface area contributed by atoms with Crippen molar-refractivity contribution in [3.63, 3.8) is 0 Å². The summed E-state index contributed by atoms with van der Waals surface area (Å²) in [6.45, 7) is 4.84. The highest BCUT2D eigenvalue weighted by Gasteiger charge is 2.33. The molecule has 1 aromatic carbocycles. The van der Waals surface area contributed by atoms with Crippen LogP contribution in [0.5, 0.6) is 0 Å². The Morgan fingerprint density at radius 2 is 2.21 bits per heavy atom. The van der Waals surface area contributed by atoms with Crippen molar-refractivity contribution >= 4 is 21.6 Å². The molecule has 1 N–H and O–H groups in total. The monoisotopic (exact) mass is 273 g/mol. The van der Waals surface area contributed by atoms with E-state index in [2.05, 4.69) is 33.4 Å². The first-order valence-electron chi connectivity index (χ1n) is 7.16. The van der Waals surface area contributed by atoms with Crippen molar-refractivity contribution in [2.24, 2.45) is 5.92 Å². The predicted octanol–water partition coefficient (Wildman–Crippen LogP) is 2.48. The Bertz CT molecular complexity index is 572. The van der Waals surface area contributed by atoms with Crippen LogP contribution in [0.4, 0.5) is 0 Å². The van der Waals surface area contributed by atoms with Gasteiger partial charge in [0.05, 0.1) is 15.7 Å². The van der Waals surface area contributed by atoms with Gasteiger partial charge in [-0.25, -0.2) is 4.98 Å². The van der Waals surface area contributed by atoms with Crippen molar-refractivity contribution in [2.75, 3.05) is 19.6 Å². The molecule has 0 saturated carbocycles. The molecule has 2 aromatic rings. The molecule has 19 heavy (non-hydrogen) atoms. The lowest BCUT2D eigenvalue weighted by Gasteiger charge is -2.45. The molecule has 4 heteroatoms. The van der Waals surface area contributed by atoms with Crippen molar-refractivity contribution in [1.29, 1.82) is 0 Å². The fourth-order valence-electron chi connectivity index (χ4n) is 3.46. The molecule has 1 atom stereocenters. The van der Waals surface area contributed by atoms with Gasteiger partial charge in [0.2, 0.25) is 0 Å². The number of benzene rings is 1. The maximum absolute atomic E-state index is 4.39. The maximum Gasteiger partial charge on any atom is 0.0815 e. The summed E-state index contributed by atoms with van der Waals surface area (Å²) in [4.78, 5) is 6.99. The molecular formula is C15H19N3S. The van der Waals surface area contributed by atoms with E-state index in [9.17, 15) is 0 Å². The Morgan fingerprint density at radius 1 is 1.32 bits per heavy atom. The van der Waals surface area contributed by atoms with E-state index in [1.807, 2.05) is 5.51 Å². The molecule has 1 unspecified atom stereocenters. The second-order valence-corrected chi connectivity index (χ2v) is 6.67. The first-order valence-corrected chi connectivity index (χ1v) is 8.04. The molecular weight excluding hydrogens is 254 g/mol. The fourth-order valence-corrected chi connectivity index (χ4v) is 4.12. The van der Waals surface area contributed by atoms with Crippen LogP contribution in [0.1, 0.15) is 18.4 Å². The summed E-state index contributed by atoms with van der Waals surface area (Å²) in [6, 6.07) is 7.34. The number of hydrogen-bond acceptors (Lipinski definition) is 4. The summed E-state index contributed by atoms with van der Waals surface area (Å²) in [5, 5.41) is 3.76. The van der Waals surface area contributed by atoms with Crippen molar-refractivity contribution < 1.29 is 0 Å². The van der Waals surface area contributed by atoms with E-state index in [4.69, 9.17) is 0 Å². The smallest absolute Gasteiger partial charge is 0.0815 e. The van der Waals surface area contributed by atoms with Crippen LogP contribution in [-0.4, -0.2) is 35.6 Å². The van der Waals surface area contributed by atoms with Crippen molar-refractivity contribution in [1.82, 2.24) is 15.2 Å². The first kappa shape index (κ1) is 11.8. The van der Waals surface area contributed by atoms with Gasteiger partial charge in [-0.15, -0.1) is 11.3 Å². The first-order chi connectivity index (χ1) is 9.38. The SMILES string of the molecule is c1nc2cc(CNC3CN4CCC3CC4)ccc2s1. The van der Waals surface area contributed by atoms with E-state index >= 15 is 0 Å². The molecule has 0 aliphatic carbocycles. The van der Waals surface area contributed by atoms with Crippen molar-refractivity contribution in [2.45, 2.75) is 25.4 Å². The minimum atomic E-state index is 0.689. The quantitative estimate of drug-likeness (QED) is 0.931. The van der Waals surface area contributed by atoms with Gasteiger partial charge in [0.1, 0.15) is 0 Å². The van der Waals surface area contributed by atoms with Crippen LogP contribution < -0.4 is 5.32 Å². The largest absolute Gasteiger partial charge is 0.308 e. The van der Waals surface area contributed by atoms with E-state index in [-0.39, 0.29) is 0 Å². The molecule has 100 valence electrons. The van der Waals surface area contributed by atoms with Gasteiger partial charge in [0, 0.05) is 19.1 Å². The lowest BCUT2D eigenvalue weighted by Crippen LogP contribution is -2.55. The normalized spacial score (nSPS) is 30.0. The number of nitrogens with one attached hydrogen (secondary N) is 1. The van der Waals surface area contributed by atoms with E-state index in [0.717, 1.165) is 18.0 Å². The second kappa shape index (κ2) is 4.85. The summed E-state index contributed by atoms with van der Waals surface area (Å²) in [5.74, 6) is 0.896. The summed E-state index contributed by atoms with van der Waals surface area (Å²) in [7, 11) is 0. The van der Waals surface area contributed by atoms with Crippen LogP contribution in [-0.2, 0) is 6.54 Å². The zero-order valence-corrected chi connectivity index (χ0v) is 11.8. The summed E-state index contributed by atoms with van der Waals surface area (Å²) >= 11 is 1.71. The van der Waals surface area contributed by atoms with Gasteiger partial charge in [-0.3, -0.25) is 0 Å². The van der Waals surface area contributed by atoms with Gasteiger partial charge in [0.25, 0.3) is 0 Å². The molecule has 0 radical (unpaired) electrons. The predicted molar refractivity (Wildman–Crippen MR) is 79.4 cm³/mol. The van der Waals surface area contributed by atoms with Crippen molar-refractivity contribution in [3.05, 3.63) is 29.3 Å². The third kappa shape index (κ3) is 2.29. The summed E-state index contributed by atoms with van der Waals surface area (Å²) < 4.78 is 1.28. The summed E-state index contributed by atoms with van der Waals surface area (Å²) in [5.41, 5.74) is 4.42. The van der Waals surface area contributed by atoms with Crippen LogP contribution in [0, 0.1) is 5.92 Å². The Labute approximate surface area is 117 Å². The van der Waals surface area contributed by atoms with E-state index in [1.165, 1.54) is 42.7 Å². The van der Waals surface area contributed by atoms with Crippen LogP contribution in [0.3, 0.4) is 0 Å². The number of hydrogen-bond donors (Lipinski definition) is 1. The topological polar surface area (TPSA) is 28.2 Å². The molecule has 3 aliphatic rings. The molecule has 0 amide bonds. The molecule has 5 rings (SSSR count). The molecule has 1 aromatic heterocycles. The van der Waals surface area contributed by atoms with Gasteiger partial charge in [-0.2, -0.15) is 0 Å². The standard InChI is InChI=1S/C15H19N3S/c1-2-15-13(17-10-19-15)7-11(1)8-16-14-9-18-5-3-12(14)4-6-18/h1-2,7,10,12,14,16H,3-6,8-9H2. The Balaban J connectivity index is 1.44. The van der Waals surface area contributed by atoms with Gasteiger partial charge in [0.15, 0.2) is 0 Å². The van der Waals surface area contributed by atoms with Crippen LogP contribution in [0.25, 0.3) is 10.2 Å². The number of aromatic nitrogens is 1. The summed E-state index contributed by atoms with van der Waals surface area (Å²) in [6.07, 6.45) is 2.76. The van der Waals surface area contributed by atoms with Crippen LogP contribution in [0.15, 0.2) is 23.7 Å². The molecule has 3 saturated heterocycles. The van der Waals surface area contributed by atoms with Crippen LogP contribution in [0.2, 0.25) is 0 Å². The number of nitrogens with zero attached hydrogens (tertiary/aromatic N) is 2. The number of fused-ring (bicyclic) bond motifs is 4. The number of rotatable bonds is 3. The molecule has 3 nitrogen and oxygen atoms in total. The Morgan fingerprint density at radius 3 is 3.00 bits per heavy atom. The Kier molecular flexibility index (Phi) is 3.02. The lowest BCUT2D eigenvalue weighted by atomic mass is 9.84. The third-order valence-electron chi connectivity index (χ3n) is 4.62. The van der Waals surface area contributed by atoms with E-state index < -0.39 is 0 Å². The molecule has 3 fully saturated rings. The van der Waals surface area contributed by atoms with Crippen LogP contribution >= 0.6 is 11.3 Å². The maximum atomic E-state index is 4.39. The average molecular weight is 273 g/mol. The van der Waals surface area contributed by atoms with Gasteiger partial charge < -0.3 is 10.2 Å². The van der Waals surface area contributed by atoms with Gasteiger partial charge in [-0.05, 0) is 49.5 Å². The highest BCUT2D eigenvalue weighted by Crippen LogP contribution is 2.27. The minimum Gasteiger partial charge on any atom is -0.308 e. The highest BCUT2D eigenvalue weighted by atomic mass is 32.1. The average Bonchev–Trinajstić information content (AvgIpc) is 2.94. The van der Waals surface area contributed by atoms with Gasteiger partial charge in [-0.1, -0.05) is 6.07 Å². The lowest BCUT2D eigenvalue weighted by molar-refractivity contribution is 0.0720. The number of thiazole rings is 1. The van der Waals surface area contributed by atoms with E-state index in [0.29, 0.717) is 6.04 Å². The van der Waals surface area contributed by atoms with Gasteiger partial charge >= 0.3 is 0 Å². The number of piperidine rings is 3. The Hall–Kier alpha value is -0.970. The highest BCUT2D eigenvalue weighted by molar-refractivity contribution is 7.16. The van der Waals surface area contributed by atoms with Crippen molar-refractivity contribution in [3.8, 4) is 0 Å². The zero-order valence-electron chi connectivity index (χ0n) is 11.0. The minimum absolute atomic E-state index is 0.689. The molecule has 3 aliphatic heterocycles. The molecule has 2 bridgehead atoms. The molecule has 0 spiro atoms. The third-order valence-corrected chi connectivity index (χ3v) is 5.43. The van der Waals surface area contributed by atoms with E-state index in [1.54, 1.807) is 11.3 Å². The fraction of sp³-hybridized carbons (Fsp3) is 0.533. The zero-order chi connectivity index (χ0) is 12.7.